The fourth-order valence-corrected chi connectivity index (χ4v) is 0.741. The molecule has 1 aromatic heterocycles. The minimum atomic E-state index is -0.608. The standard InChI is InChI=1S/C5H4ClN3O2/c6-5-1-4(9(10)11)3(7)2-8-5/h1-2H,7H2. The van der Waals surface area contributed by atoms with Crippen LogP contribution in [0.1, 0.15) is 0 Å². The van der Waals surface area contributed by atoms with Gasteiger partial charge in [-0.1, -0.05) is 11.6 Å². The Morgan fingerprint density at radius 3 is 2.82 bits per heavy atom. The highest BCUT2D eigenvalue weighted by molar-refractivity contribution is 6.29. The molecule has 0 aromatic carbocycles. The van der Waals surface area contributed by atoms with Crippen molar-refractivity contribution in [2.24, 2.45) is 0 Å². The smallest absolute Gasteiger partial charge is 0.296 e. The van der Waals surface area contributed by atoms with Gasteiger partial charge in [0.15, 0.2) is 0 Å². The summed E-state index contributed by atoms with van der Waals surface area (Å²) in [6.45, 7) is 0. The van der Waals surface area contributed by atoms with Gasteiger partial charge in [-0.15, -0.1) is 0 Å². The fourth-order valence-electron chi connectivity index (χ4n) is 0.589. The number of pyridine rings is 1. The Kier molecular flexibility index (Phi) is 1.91. The van der Waals surface area contributed by atoms with E-state index in [1.54, 1.807) is 0 Å². The number of halogens is 1. The van der Waals surface area contributed by atoms with Gasteiger partial charge in [0.2, 0.25) is 0 Å². The van der Waals surface area contributed by atoms with Crippen molar-refractivity contribution < 1.29 is 4.92 Å². The molecule has 0 unspecified atom stereocenters. The zero-order valence-corrected chi connectivity index (χ0v) is 6.08. The maximum atomic E-state index is 10.2. The monoisotopic (exact) mass is 173 g/mol. The highest BCUT2D eigenvalue weighted by atomic mass is 35.5. The molecule has 0 bridgehead atoms. The summed E-state index contributed by atoms with van der Waals surface area (Å²) >= 11 is 5.39. The van der Waals surface area contributed by atoms with Crippen molar-refractivity contribution in [3.63, 3.8) is 0 Å². The van der Waals surface area contributed by atoms with Gasteiger partial charge in [0.1, 0.15) is 10.8 Å². The highest BCUT2D eigenvalue weighted by Gasteiger charge is 2.11. The fraction of sp³-hybridized carbons (Fsp3) is 0. The van der Waals surface area contributed by atoms with E-state index in [0.29, 0.717) is 0 Å². The lowest BCUT2D eigenvalue weighted by Crippen LogP contribution is -1.96. The summed E-state index contributed by atoms with van der Waals surface area (Å²) in [5.41, 5.74) is 5.02. The molecule has 0 amide bonds. The van der Waals surface area contributed by atoms with Crippen molar-refractivity contribution in [3.8, 4) is 0 Å². The average Bonchev–Trinajstić information content (AvgIpc) is 1.94. The molecule has 58 valence electrons. The van der Waals surface area contributed by atoms with E-state index >= 15 is 0 Å². The predicted octanol–water partition coefficient (Wildman–Crippen LogP) is 1.23. The molecule has 0 saturated heterocycles. The van der Waals surface area contributed by atoms with Crippen molar-refractivity contribution in [3.05, 3.63) is 27.5 Å². The Morgan fingerprint density at radius 2 is 2.36 bits per heavy atom. The molecule has 1 aromatic rings. The highest BCUT2D eigenvalue weighted by Crippen LogP contribution is 2.22. The molecule has 6 heteroatoms. The summed E-state index contributed by atoms with van der Waals surface area (Å²) in [5.74, 6) is 0. The molecule has 1 heterocycles. The van der Waals surface area contributed by atoms with E-state index in [9.17, 15) is 10.1 Å². The Bertz CT molecular complexity index is 302. The maximum Gasteiger partial charge on any atom is 0.296 e. The van der Waals surface area contributed by atoms with Crippen LogP contribution in [0.25, 0.3) is 0 Å². The Labute approximate surface area is 66.9 Å². The molecule has 0 aliphatic rings. The normalized spacial score (nSPS) is 9.55. The number of nitro groups is 1. The summed E-state index contributed by atoms with van der Waals surface area (Å²) in [4.78, 5) is 13.2. The third-order valence-corrected chi connectivity index (χ3v) is 1.28. The molecular weight excluding hydrogens is 170 g/mol. The van der Waals surface area contributed by atoms with Gasteiger partial charge < -0.3 is 5.73 Å². The largest absolute Gasteiger partial charge is 0.392 e. The van der Waals surface area contributed by atoms with Gasteiger partial charge in [0.05, 0.1) is 17.2 Å². The van der Waals surface area contributed by atoms with Crippen molar-refractivity contribution in [1.82, 2.24) is 4.98 Å². The minimum Gasteiger partial charge on any atom is -0.392 e. The first-order chi connectivity index (χ1) is 5.11. The van der Waals surface area contributed by atoms with E-state index in [1.165, 1.54) is 0 Å². The summed E-state index contributed by atoms with van der Waals surface area (Å²) in [6, 6.07) is 1.11. The van der Waals surface area contributed by atoms with Crippen LogP contribution in [-0.2, 0) is 0 Å². The molecule has 5 nitrogen and oxygen atoms in total. The lowest BCUT2D eigenvalue weighted by molar-refractivity contribution is -0.383. The molecule has 0 saturated carbocycles. The quantitative estimate of drug-likeness (QED) is 0.393. The summed E-state index contributed by atoms with van der Waals surface area (Å²) in [6.07, 6.45) is 1.15. The van der Waals surface area contributed by atoms with E-state index in [-0.39, 0.29) is 16.5 Å². The third kappa shape index (κ3) is 1.56. The van der Waals surface area contributed by atoms with Gasteiger partial charge in [-0.25, -0.2) is 4.98 Å². The number of hydrogen-bond donors (Lipinski definition) is 1. The first-order valence-electron chi connectivity index (χ1n) is 2.66. The van der Waals surface area contributed by atoms with E-state index in [4.69, 9.17) is 17.3 Å². The van der Waals surface area contributed by atoms with Crippen LogP contribution in [0, 0.1) is 10.1 Å². The predicted molar refractivity (Wildman–Crippen MR) is 40.3 cm³/mol. The van der Waals surface area contributed by atoms with Gasteiger partial charge in [0, 0.05) is 0 Å². The van der Waals surface area contributed by atoms with Crippen LogP contribution in [0.5, 0.6) is 0 Å². The Morgan fingerprint density at radius 1 is 1.73 bits per heavy atom. The number of nitrogens with two attached hydrogens (primary N) is 1. The van der Waals surface area contributed by atoms with Crippen LogP contribution < -0.4 is 5.73 Å². The number of nitrogen functional groups attached to an aromatic ring is 1. The molecule has 0 radical (unpaired) electrons. The molecule has 0 fully saturated rings. The first-order valence-corrected chi connectivity index (χ1v) is 3.04. The summed E-state index contributed by atoms with van der Waals surface area (Å²) in [5, 5.41) is 10.3. The van der Waals surface area contributed by atoms with Crippen molar-refractivity contribution in [2.75, 3.05) is 5.73 Å². The Balaban J connectivity index is 3.23. The molecule has 11 heavy (non-hydrogen) atoms. The van der Waals surface area contributed by atoms with Crippen LogP contribution >= 0.6 is 11.6 Å². The minimum absolute atomic E-state index is 0.0133. The van der Waals surface area contributed by atoms with Crippen LogP contribution in [0.4, 0.5) is 11.4 Å². The SMILES string of the molecule is Nc1cnc(Cl)cc1[N+](=O)[O-]. The number of rotatable bonds is 1. The van der Waals surface area contributed by atoms with E-state index < -0.39 is 4.92 Å². The second-order valence-electron chi connectivity index (χ2n) is 1.82. The summed E-state index contributed by atoms with van der Waals surface area (Å²) in [7, 11) is 0. The third-order valence-electron chi connectivity index (χ3n) is 1.08. The van der Waals surface area contributed by atoms with Gasteiger partial charge in [0.25, 0.3) is 5.69 Å². The molecule has 0 spiro atoms. The van der Waals surface area contributed by atoms with Gasteiger partial charge >= 0.3 is 0 Å². The van der Waals surface area contributed by atoms with Gasteiger partial charge in [-0.05, 0) is 0 Å². The number of nitrogens with zero attached hydrogens (tertiary/aromatic N) is 2. The molecule has 0 aliphatic heterocycles. The zero-order valence-electron chi connectivity index (χ0n) is 5.32. The lowest BCUT2D eigenvalue weighted by Gasteiger charge is -1.94. The molecular formula is C5H4ClN3O2. The van der Waals surface area contributed by atoms with Crippen LogP contribution in [0.3, 0.4) is 0 Å². The average molecular weight is 174 g/mol. The van der Waals surface area contributed by atoms with Crippen LogP contribution in [0.2, 0.25) is 5.15 Å². The molecule has 0 atom stereocenters. The molecule has 1 rings (SSSR count). The van der Waals surface area contributed by atoms with Crippen LogP contribution in [0.15, 0.2) is 12.3 Å². The van der Waals surface area contributed by atoms with E-state index in [0.717, 1.165) is 12.3 Å². The van der Waals surface area contributed by atoms with Gasteiger partial charge in [-0.2, -0.15) is 0 Å². The molecule has 2 N–H and O–H groups in total. The zero-order chi connectivity index (χ0) is 8.43. The second-order valence-corrected chi connectivity index (χ2v) is 2.21. The molecule has 0 aliphatic carbocycles. The van der Waals surface area contributed by atoms with Crippen molar-refractivity contribution in [1.29, 1.82) is 0 Å². The second kappa shape index (κ2) is 2.71. The Hall–Kier alpha value is -1.36. The van der Waals surface area contributed by atoms with Gasteiger partial charge in [-0.3, -0.25) is 10.1 Å². The number of anilines is 1. The van der Waals surface area contributed by atoms with Crippen molar-refractivity contribution in [2.45, 2.75) is 0 Å². The lowest BCUT2D eigenvalue weighted by atomic mass is 10.4. The number of hydrogen-bond acceptors (Lipinski definition) is 4. The topological polar surface area (TPSA) is 82.0 Å². The van der Waals surface area contributed by atoms with E-state index in [2.05, 4.69) is 4.98 Å². The first kappa shape index (κ1) is 7.74. The number of aromatic nitrogens is 1. The van der Waals surface area contributed by atoms with Crippen molar-refractivity contribution >= 4 is 23.0 Å². The van der Waals surface area contributed by atoms with E-state index in [1.807, 2.05) is 0 Å². The summed E-state index contributed by atoms with van der Waals surface area (Å²) < 4.78 is 0. The van der Waals surface area contributed by atoms with Crippen LogP contribution in [-0.4, -0.2) is 9.91 Å². The maximum absolute atomic E-state index is 10.2.